The summed E-state index contributed by atoms with van der Waals surface area (Å²) in [5.41, 5.74) is -1.47. The predicted molar refractivity (Wildman–Crippen MR) is 76.8 cm³/mol. The average Bonchev–Trinajstić information content (AvgIpc) is 2.96. The molecule has 2 rings (SSSR count). The lowest BCUT2D eigenvalue weighted by Gasteiger charge is -2.23. The number of halogens is 2. The number of rotatable bonds is 4. The second-order valence-corrected chi connectivity index (χ2v) is 5.99. The van der Waals surface area contributed by atoms with Crippen LogP contribution in [0.4, 0.5) is 8.78 Å². The van der Waals surface area contributed by atoms with E-state index in [1.54, 1.807) is 44.2 Å². The molecule has 1 aliphatic rings. The molecule has 1 saturated carbocycles. The van der Waals surface area contributed by atoms with Gasteiger partial charge in [0.15, 0.2) is 0 Å². The average molecular weight is 305 g/mol. The first-order valence-electron chi connectivity index (χ1n) is 6.89. The highest BCUT2D eigenvalue weighted by Gasteiger charge is 2.79. The summed E-state index contributed by atoms with van der Waals surface area (Å²) in [6.07, 6.45) is -1.09. The Morgan fingerprint density at radius 1 is 1.36 bits per heavy atom. The summed E-state index contributed by atoms with van der Waals surface area (Å²) in [5, 5.41) is 9.62. The van der Waals surface area contributed by atoms with E-state index in [2.05, 4.69) is 6.07 Å². The third-order valence-corrected chi connectivity index (χ3v) is 4.78. The zero-order valence-corrected chi connectivity index (χ0v) is 12.6. The Balaban J connectivity index is 2.60. The van der Waals surface area contributed by atoms with Crippen LogP contribution in [0.5, 0.6) is 0 Å². The Morgan fingerprint density at radius 3 is 2.41 bits per heavy atom. The van der Waals surface area contributed by atoms with E-state index >= 15 is 0 Å². The van der Waals surface area contributed by atoms with Crippen molar-refractivity contribution in [2.75, 3.05) is 7.11 Å². The third-order valence-electron chi connectivity index (χ3n) is 4.78. The van der Waals surface area contributed by atoms with Crippen LogP contribution < -0.4 is 0 Å². The molecule has 116 valence electrons. The molecule has 5 heteroatoms. The molecule has 0 aliphatic heterocycles. The van der Waals surface area contributed by atoms with Gasteiger partial charge >= 0.3 is 5.97 Å². The van der Waals surface area contributed by atoms with E-state index in [4.69, 9.17) is 4.74 Å². The highest BCUT2D eigenvalue weighted by atomic mass is 19.3. The molecule has 0 aromatic heterocycles. The molecule has 3 nitrogen and oxygen atoms in total. The van der Waals surface area contributed by atoms with Crippen LogP contribution in [0.1, 0.15) is 25.3 Å². The van der Waals surface area contributed by atoms with Crippen molar-refractivity contribution in [2.24, 2.45) is 16.7 Å². The first-order chi connectivity index (χ1) is 10.3. The molecule has 0 heterocycles. The van der Waals surface area contributed by atoms with Crippen LogP contribution in [0.3, 0.4) is 0 Å². The number of carbonyl (C=O) groups is 1. The molecule has 0 radical (unpaired) electrons. The number of ether oxygens (including phenoxy) is 1. The zero-order valence-electron chi connectivity index (χ0n) is 12.6. The van der Waals surface area contributed by atoms with Crippen molar-refractivity contribution >= 4 is 5.97 Å². The summed E-state index contributed by atoms with van der Waals surface area (Å²) in [5.74, 6) is -2.23. The van der Waals surface area contributed by atoms with Gasteiger partial charge in [0.25, 0.3) is 6.08 Å². The van der Waals surface area contributed by atoms with Crippen molar-refractivity contribution in [2.45, 2.75) is 19.8 Å². The van der Waals surface area contributed by atoms with Gasteiger partial charge in [-0.2, -0.15) is 14.0 Å². The second-order valence-electron chi connectivity index (χ2n) is 5.99. The number of methoxy groups -OCH3 is 1. The Bertz CT molecular complexity index is 644. The van der Waals surface area contributed by atoms with Gasteiger partial charge in [0.05, 0.1) is 19.1 Å². The van der Waals surface area contributed by atoms with Gasteiger partial charge in [0, 0.05) is 5.92 Å². The molecule has 1 aliphatic carbocycles. The van der Waals surface area contributed by atoms with E-state index in [9.17, 15) is 18.8 Å². The maximum absolute atomic E-state index is 12.8. The maximum atomic E-state index is 12.8. The Hall–Kier alpha value is -2.22. The molecule has 3 atom stereocenters. The van der Waals surface area contributed by atoms with E-state index in [1.165, 1.54) is 7.11 Å². The smallest absolute Gasteiger partial charge is 0.314 e. The Morgan fingerprint density at radius 2 is 1.95 bits per heavy atom. The normalized spacial score (nSPS) is 26.5. The minimum atomic E-state index is -1.85. The fourth-order valence-electron chi connectivity index (χ4n) is 3.62. The van der Waals surface area contributed by atoms with E-state index in [1.807, 2.05) is 0 Å². The molecule has 0 bridgehead atoms. The van der Waals surface area contributed by atoms with Gasteiger partial charge in [0.1, 0.15) is 5.41 Å². The summed E-state index contributed by atoms with van der Waals surface area (Å²) >= 11 is 0. The number of nitrogens with zero attached hydrogens (tertiary/aromatic N) is 1. The van der Waals surface area contributed by atoms with Crippen LogP contribution in [0.2, 0.25) is 0 Å². The van der Waals surface area contributed by atoms with Crippen molar-refractivity contribution < 1.29 is 18.3 Å². The molecule has 0 amide bonds. The Kier molecular flexibility index (Phi) is 4.06. The van der Waals surface area contributed by atoms with E-state index < -0.39 is 34.7 Å². The summed E-state index contributed by atoms with van der Waals surface area (Å²) in [6.45, 7) is 3.42. The molecule has 3 unspecified atom stereocenters. The molecule has 22 heavy (non-hydrogen) atoms. The van der Waals surface area contributed by atoms with E-state index in [0.717, 1.165) is 6.08 Å². The van der Waals surface area contributed by atoms with Crippen molar-refractivity contribution in [3.8, 4) is 6.07 Å². The van der Waals surface area contributed by atoms with Crippen molar-refractivity contribution in [3.63, 3.8) is 0 Å². The zero-order chi connectivity index (χ0) is 16.5. The van der Waals surface area contributed by atoms with Crippen LogP contribution in [0.15, 0.2) is 42.5 Å². The quantitative estimate of drug-likeness (QED) is 0.793. The fraction of sp³-hybridized carbons (Fsp3) is 0.412. The van der Waals surface area contributed by atoms with Crippen molar-refractivity contribution in [1.29, 1.82) is 5.26 Å². The summed E-state index contributed by atoms with van der Waals surface area (Å²) in [6, 6.07) is 10.9. The highest BCUT2D eigenvalue weighted by Crippen LogP contribution is 2.75. The molecule has 0 N–H and O–H groups in total. The predicted octanol–water partition coefficient (Wildman–Crippen LogP) is 3.89. The van der Waals surface area contributed by atoms with E-state index in [-0.39, 0.29) is 0 Å². The first-order valence-corrected chi connectivity index (χ1v) is 6.89. The minimum absolute atomic E-state index is 0.624. The monoisotopic (exact) mass is 305 g/mol. The minimum Gasteiger partial charge on any atom is -0.469 e. The molecule has 1 aromatic rings. The van der Waals surface area contributed by atoms with Gasteiger partial charge in [0.2, 0.25) is 0 Å². The lowest BCUT2D eigenvalue weighted by molar-refractivity contribution is -0.149. The molecule has 1 aromatic carbocycles. The molecule has 0 spiro atoms. The number of carbonyl (C=O) groups excluding carboxylic acids is 1. The summed E-state index contributed by atoms with van der Waals surface area (Å²) < 4.78 is 30.4. The summed E-state index contributed by atoms with van der Waals surface area (Å²) in [7, 11) is 1.21. The molecule has 1 fully saturated rings. The number of hydrogen-bond acceptors (Lipinski definition) is 3. The van der Waals surface area contributed by atoms with Gasteiger partial charge < -0.3 is 4.74 Å². The lowest BCUT2D eigenvalue weighted by atomic mass is 9.78. The lowest BCUT2D eigenvalue weighted by Crippen LogP contribution is -2.30. The van der Waals surface area contributed by atoms with Crippen LogP contribution in [-0.4, -0.2) is 13.1 Å². The summed E-state index contributed by atoms with van der Waals surface area (Å²) in [4.78, 5) is 12.4. The largest absolute Gasteiger partial charge is 0.469 e. The SMILES string of the molecule is COC(=O)C1(C(C#N)c2ccccc2)C(C=C(F)F)C1(C)C. The van der Waals surface area contributed by atoms with Gasteiger partial charge in [-0.15, -0.1) is 0 Å². The van der Waals surface area contributed by atoms with Gasteiger partial charge in [-0.05, 0) is 17.1 Å². The van der Waals surface area contributed by atoms with Crippen molar-refractivity contribution in [1.82, 2.24) is 0 Å². The van der Waals surface area contributed by atoms with Gasteiger partial charge in [-0.25, -0.2) is 0 Å². The standard InChI is InChI=1S/C17H17F2NO2/c1-16(2)13(9-14(18)19)17(16,15(21)22-3)12(10-20)11-7-5-4-6-8-11/h4-9,12-13H,1-3H3. The number of nitriles is 1. The van der Waals surface area contributed by atoms with Crippen LogP contribution in [0.25, 0.3) is 0 Å². The van der Waals surface area contributed by atoms with Crippen LogP contribution in [0, 0.1) is 28.1 Å². The number of allylic oxidation sites excluding steroid dienone is 1. The van der Waals surface area contributed by atoms with E-state index in [0.29, 0.717) is 5.56 Å². The van der Waals surface area contributed by atoms with Crippen LogP contribution >= 0.6 is 0 Å². The number of esters is 1. The highest BCUT2D eigenvalue weighted by molar-refractivity contribution is 5.85. The number of benzene rings is 1. The first kappa shape index (κ1) is 16.2. The maximum Gasteiger partial charge on any atom is 0.314 e. The van der Waals surface area contributed by atoms with Crippen molar-refractivity contribution in [3.05, 3.63) is 48.1 Å². The van der Waals surface area contributed by atoms with Gasteiger partial charge in [-0.1, -0.05) is 44.2 Å². The Labute approximate surface area is 128 Å². The second kappa shape index (κ2) is 5.53. The molecular formula is C17H17F2NO2. The van der Waals surface area contributed by atoms with Gasteiger partial charge in [-0.3, -0.25) is 4.79 Å². The fourth-order valence-corrected chi connectivity index (χ4v) is 3.62. The van der Waals surface area contributed by atoms with Crippen LogP contribution in [-0.2, 0) is 9.53 Å². The molecular weight excluding hydrogens is 288 g/mol. The third kappa shape index (κ3) is 2.10. The topological polar surface area (TPSA) is 50.1 Å². The number of hydrogen-bond donors (Lipinski definition) is 0. The molecule has 0 saturated heterocycles.